The highest BCUT2D eigenvalue weighted by molar-refractivity contribution is 5.85. The lowest BCUT2D eigenvalue weighted by molar-refractivity contribution is -0.385. The quantitative estimate of drug-likeness (QED) is 0.337. The van der Waals surface area contributed by atoms with Crippen molar-refractivity contribution < 1.29 is 13.7 Å². The molecule has 14 heavy (non-hydrogen) atoms. The summed E-state index contributed by atoms with van der Waals surface area (Å²) in [6, 6.07) is 1.12. The largest absolute Gasteiger partial charge is 0.323 e. The van der Waals surface area contributed by atoms with Crippen LogP contribution in [0.2, 0.25) is 0 Å². The minimum Gasteiger partial charge on any atom is -0.323 e. The molecular weight excluding hydrogens is 196 g/mol. The average Bonchev–Trinajstić information content (AvgIpc) is 2.09. The van der Waals surface area contributed by atoms with Crippen LogP contribution in [-0.4, -0.2) is 11.1 Å². The highest BCUT2D eigenvalue weighted by Gasteiger charge is 2.18. The lowest BCUT2D eigenvalue weighted by atomic mass is 10.2. The number of hydrazone groups is 1. The lowest BCUT2D eigenvalue weighted by Gasteiger charge is -1.98. The van der Waals surface area contributed by atoms with Crippen molar-refractivity contribution in [2.45, 2.75) is 0 Å². The van der Waals surface area contributed by atoms with Gasteiger partial charge in [-0.05, 0) is 0 Å². The molecule has 0 bridgehead atoms. The predicted octanol–water partition coefficient (Wildman–Crippen LogP) is 1.17. The molecule has 1 rings (SSSR count). The summed E-state index contributed by atoms with van der Waals surface area (Å²) in [5.41, 5.74) is -1.16. The Balaban J connectivity index is 3.44. The SMILES string of the molecule is NN=Cc1c(F)cc(F)cc1[N+](=O)[O-]. The molecule has 0 radical (unpaired) electrons. The maximum Gasteiger partial charge on any atom is 0.284 e. The summed E-state index contributed by atoms with van der Waals surface area (Å²) >= 11 is 0. The van der Waals surface area contributed by atoms with Gasteiger partial charge in [0.25, 0.3) is 5.69 Å². The van der Waals surface area contributed by atoms with Crippen molar-refractivity contribution in [3.63, 3.8) is 0 Å². The molecule has 0 aromatic heterocycles. The van der Waals surface area contributed by atoms with Crippen LogP contribution in [0.4, 0.5) is 14.5 Å². The third kappa shape index (κ3) is 1.82. The van der Waals surface area contributed by atoms with Gasteiger partial charge in [-0.25, -0.2) is 8.78 Å². The Hall–Kier alpha value is -2.05. The highest BCUT2D eigenvalue weighted by Crippen LogP contribution is 2.21. The maximum absolute atomic E-state index is 13.0. The monoisotopic (exact) mass is 201 g/mol. The van der Waals surface area contributed by atoms with Gasteiger partial charge in [0.1, 0.15) is 17.2 Å². The number of rotatable bonds is 2. The van der Waals surface area contributed by atoms with Gasteiger partial charge < -0.3 is 5.84 Å². The Morgan fingerprint density at radius 1 is 1.50 bits per heavy atom. The van der Waals surface area contributed by atoms with Gasteiger partial charge in [-0.2, -0.15) is 5.10 Å². The van der Waals surface area contributed by atoms with E-state index >= 15 is 0 Å². The molecule has 74 valence electrons. The van der Waals surface area contributed by atoms with Crippen molar-refractivity contribution in [1.29, 1.82) is 0 Å². The van der Waals surface area contributed by atoms with E-state index in [0.29, 0.717) is 12.1 Å². The Bertz CT molecular complexity index is 406. The molecule has 0 heterocycles. The first-order chi connectivity index (χ1) is 6.56. The number of benzene rings is 1. The average molecular weight is 201 g/mol. The van der Waals surface area contributed by atoms with Crippen molar-refractivity contribution >= 4 is 11.9 Å². The third-order valence-electron chi connectivity index (χ3n) is 1.47. The van der Waals surface area contributed by atoms with Crippen LogP contribution in [0.1, 0.15) is 5.56 Å². The molecule has 0 fully saturated rings. The van der Waals surface area contributed by atoms with E-state index in [1.807, 2.05) is 0 Å². The molecule has 0 spiro atoms. The molecule has 0 atom stereocenters. The van der Waals surface area contributed by atoms with Crippen LogP contribution in [-0.2, 0) is 0 Å². The fourth-order valence-corrected chi connectivity index (χ4v) is 0.925. The summed E-state index contributed by atoms with van der Waals surface area (Å²) < 4.78 is 25.6. The molecule has 0 unspecified atom stereocenters. The molecule has 0 aliphatic heterocycles. The van der Waals surface area contributed by atoms with E-state index in [9.17, 15) is 18.9 Å². The number of nitro benzene ring substituents is 1. The van der Waals surface area contributed by atoms with Crippen LogP contribution in [0.5, 0.6) is 0 Å². The molecule has 1 aromatic rings. The minimum atomic E-state index is -1.08. The summed E-state index contributed by atoms with van der Waals surface area (Å²) in [5, 5.41) is 13.3. The highest BCUT2D eigenvalue weighted by atomic mass is 19.1. The number of hydrogen-bond acceptors (Lipinski definition) is 4. The minimum absolute atomic E-state index is 0.445. The van der Waals surface area contributed by atoms with E-state index in [0.717, 1.165) is 6.21 Å². The Morgan fingerprint density at radius 3 is 2.64 bits per heavy atom. The molecule has 0 aliphatic carbocycles. The van der Waals surface area contributed by atoms with Crippen LogP contribution >= 0.6 is 0 Å². The van der Waals surface area contributed by atoms with E-state index < -0.39 is 27.8 Å². The summed E-state index contributed by atoms with van der Waals surface area (Å²) in [6.07, 6.45) is 0.757. The van der Waals surface area contributed by atoms with E-state index in [1.165, 1.54) is 0 Å². The van der Waals surface area contributed by atoms with Crippen LogP contribution < -0.4 is 5.84 Å². The molecule has 0 aliphatic rings. The third-order valence-corrected chi connectivity index (χ3v) is 1.47. The van der Waals surface area contributed by atoms with E-state index in [4.69, 9.17) is 5.84 Å². The summed E-state index contributed by atoms with van der Waals surface area (Å²) in [4.78, 5) is 9.46. The first-order valence-electron chi connectivity index (χ1n) is 3.43. The van der Waals surface area contributed by atoms with Gasteiger partial charge >= 0.3 is 0 Å². The smallest absolute Gasteiger partial charge is 0.284 e. The zero-order valence-corrected chi connectivity index (χ0v) is 6.78. The van der Waals surface area contributed by atoms with Gasteiger partial charge in [-0.1, -0.05) is 0 Å². The first kappa shape index (κ1) is 10.0. The zero-order chi connectivity index (χ0) is 10.7. The molecule has 0 saturated carbocycles. The van der Waals surface area contributed by atoms with E-state index in [2.05, 4.69) is 5.10 Å². The molecule has 0 amide bonds. The van der Waals surface area contributed by atoms with Gasteiger partial charge in [-0.3, -0.25) is 10.1 Å². The summed E-state index contributed by atoms with van der Waals surface area (Å²) in [6.45, 7) is 0. The number of nitrogens with zero attached hydrogens (tertiary/aromatic N) is 2. The summed E-state index contributed by atoms with van der Waals surface area (Å²) in [7, 11) is 0. The normalized spacial score (nSPS) is 10.7. The number of nitro groups is 1. The fourth-order valence-electron chi connectivity index (χ4n) is 0.925. The number of hydrogen-bond donors (Lipinski definition) is 1. The predicted molar refractivity (Wildman–Crippen MR) is 44.8 cm³/mol. The second-order valence-corrected chi connectivity index (χ2v) is 2.36. The van der Waals surface area contributed by atoms with Gasteiger partial charge in [0.2, 0.25) is 0 Å². The number of halogens is 2. The van der Waals surface area contributed by atoms with Gasteiger partial charge in [-0.15, -0.1) is 0 Å². The van der Waals surface area contributed by atoms with Crippen molar-refractivity contribution in [3.8, 4) is 0 Å². The molecule has 5 nitrogen and oxygen atoms in total. The maximum atomic E-state index is 13.0. The van der Waals surface area contributed by atoms with Crippen molar-refractivity contribution in [2.75, 3.05) is 0 Å². The lowest BCUT2D eigenvalue weighted by Crippen LogP contribution is -2.00. The van der Waals surface area contributed by atoms with Gasteiger partial charge in [0.05, 0.1) is 17.2 Å². The van der Waals surface area contributed by atoms with E-state index in [1.54, 1.807) is 0 Å². The van der Waals surface area contributed by atoms with Gasteiger partial charge in [0.15, 0.2) is 0 Å². The molecule has 1 aromatic carbocycles. The standard InChI is InChI=1S/C7H5F2N3O2/c8-4-1-6(9)5(3-11-10)7(2-4)12(13)14/h1-3H,10H2. The second-order valence-electron chi connectivity index (χ2n) is 2.36. The van der Waals surface area contributed by atoms with Crippen LogP contribution in [0.25, 0.3) is 0 Å². The van der Waals surface area contributed by atoms with Gasteiger partial charge in [0, 0.05) is 6.07 Å². The molecule has 7 heteroatoms. The molecule has 0 saturated heterocycles. The molecular formula is C7H5F2N3O2. The molecule has 2 N–H and O–H groups in total. The number of nitrogens with two attached hydrogens (primary N) is 1. The van der Waals surface area contributed by atoms with E-state index in [-0.39, 0.29) is 0 Å². The van der Waals surface area contributed by atoms with Crippen molar-refractivity contribution in [2.24, 2.45) is 10.9 Å². The fraction of sp³-hybridized carbons (Fsp3) is 0. The topological polar surface area (TPSA) is 81.5 Å². The zero-order valence-electron chi connectivity index (χ0n) is 6.78. The van der Waals surface area contributed by atoms with Crippen molar-refractivity contribution in [3.05, 3.63) is 39.4 Å². The summed E-state index contributed by atoms with van der Waals surface area (Å²) in [5.74, 6) is 2.62. The Morgan fingerprint density at radius 2 is 2.14 bits per heavy atom. The first-order valence-corrected chi connectivity index (χ1v) is 3.43. The van der Waals surface area contributed by atoms with Crippen molar-refractivity contribution in [1.82, 2.24) is 0 Å². The van der Waals surface area contributed by atoms with Crippen LogP contribution in [0, 0.1) is 21.7 Å². The second kappa shape index (κ2) is 3.77. The van der Waals surface area contributed by atoms with Crippen LogP contribution in [0.3, 0.4) is 0 Å². The Kier molecular flexibility index (Phi) is 2.70. The van der Waals surface area contributed by atoms with Crippen LogP contribution in [0.15, 0.2) is 17.2 Å². The Labute approximate surface area is 77.0 Å².